The van der Waals surface area contributed by atoms with E-state index in [1.165, 1.54) is 21.9 Å². The first-order chi connectivity index (χ1) is 16.4. The fraction of sp³-hybridized carbons (Fsp3) is 0.200. The van der Waals surface area contributed by atoms with E-state index in [-0.39, 0.29) is 11.5 Å². The van der Waals surface area contributed by atoms with Gasteiger partial charge in [0.05, 0.1) is 7.11 Å². The van der Waals surface area contributed by atoms with Crippen LogP contribution in [-0.2, 0) is 6.42 Å². The SMILES string of the molecule is COc1ccc(C(=O)N2CCc3ccc(NC(=O)c4cnc5sc(C)c(C)n5c4=O)cc32)cc1. The Balaban J connectivity index is 1.41. The highest BCUT2D eigenvalue weighted by molar-refractivity contribution is 7.17. The summed E-state index contributed by atoms with van der Waals surface area (Å²) in [5.74, 6) is 0.0157. The van der Waals surface area contributed by atoms with Crippen LogP contribution < -0.4 is 20.5 Å². The summed E-state index contributed by atoms with van der Waals surface area (Å²) in [6, 6.07) is 12.4. The number of amides is 2. The molecule has 0 radical (unpaired) electrons. The maximum absolute atomic E-state index is 13.1. The quantitative estimate of drug-likeness (QED) is 0.485. The molecule has 2 aromatic carbocycles. The molecule has 2 amide bonds. The predicted molar refractivity (Wildman–Crippen MR) is 132 cm³/mol. The maximum Gasteiger partial charge on any atom is 0.271 e. The van der Waals surface area contributed by atoms with E-state index < -0.39 is 11.5 Å². The van der Waals surface area contributed by atoms with Crippen LogP contribution in [0.4, 0.5) is 11.4 Å². The fourth-order valence-electron chi connectivity index (χ4n) is 4.09. The molecule has 172 valence electrons. The highest BCUT2D eigenvalue weighted by Gasteiger charge is 2.26. The molecule has 0 unspecified atom stereocenters. The Morgan fingerprint density at radius 1 is 1.12 bits per heavy atom. The molecule has 1 N–H and O–H groups in total. The summed E-state index contributed by atoms with van der Waals surface area (Å²) in [6.45, 7) is 4.30. The number of carbonyl (C=O) groups excluding carboxylic acids is 2. The molecule has 8 nitrogen and oxygen atoms in total. The van der Waals surface area contributed by atoms with Crippen LogP contribution >= 0.6 is 11.3 Å². The largest absolute Gasteiger partial charge is 0.497 e. The number of nitrogens with zero attached hydrogens (tertiary/aromatic N) is 3. The van der Waals surface area contributed by atoms with Crippen LogP contribution in [0.3, 0.4) is 0 Å². The lowest BCUT2D eigenvalue weighted by Gasteiger charge is -2.18. The van der Waals surface area contributed by atoms with Gasteiger partial charge in [-0.25, -0.2) is 4.98 Å². The van der Waals surface area contributed by atoms with Gasteiger partial charge in [-0.05, 0) is 62.2 Å². The summed E-state index contributed by atoms with van der Waals surface area (Å²) >= 11 is 1.41. The lowest BCUT2D eigenvalue weighted by Crippen LogP contribution is -2.29. The van der Waals surface area contributed by atoms with Crippen molar-refractivity contribution in [2.75, 3.05) is 23.9 Å². The standard InChI is InChI=1S/C25H22N4O4S/c1-14-15(2)34-25-26-13-20(24(32)29(14)25)22(30)27-18-7-4-16-10-11-28(21(16)12-18)23(31)17-5-8-19(33-3)9-6-17/h4-9,12-13H,10-11H2,1-3H3,(H,27,30). The van der Waals surface area contributed by atoms with Gasteiger partial charge < -0.3 is 15.0 Å². The average Bonchev–Trinajstić information content (AvgIpc) is 3.39. The lowest BCUT2D eigenvalue weighted by molar-refractivity contribution is 0.0988. The van der Waals surface area contributed by atoms with E-state index in [4.69, 9.17) is 4.74 Å². The minimum absolute atomic E-state index is 0.0370. The highest BCUT2D eigenvalue weighted by atomic mass is 32.1. The van der Waals surface area contributed by atoms with E-state index in [0.717, 1.165) is 28.2 Å². The van der Waals surface area contributed by atoms with Gasteiger partial charge in [-0.15, -0.1) is 11.3 Å². The molecule has 0 aliphatic carbocycles. The fourth-order valence-corrected chi connectivity index (χ4v) is 5.02. The van der Waals surface area contributed by atoms with Crippen LogP contribution in [0.2, 0.25) is 0 Å². The third-order valence-electron chi connectivity index (χ3n) is 6.08. The van der Waals surface area contributed by atoms with Crippen molar-refractivity contribution in [3.05, 3.63) is 86.3 Å². The first kappa shape index (κ1) is 21.8. The van der Waals surface area contributed by atoms with Crippen molar-refractivity contribution in [2.45, 2.75) is 20.3 Å². The number of benzene rings is 2. The van der Waals surface area contributed by atoms with E-state index in [2.05, 4.69) is 10.3 Å². The Hall–Kier alpha value is -3.98. The van der Waals surface area contributed by atoms with E-state index in [1.807, 2.05) is 19.9 Å². The Morgan fingerprint density at radius 2 is 1.88 bits per heavy atom. The number of aromatic nitrogens is 2. The summed E-state index contributed by atoms with van der Waals surface area (Å²) in [5, 5.41) is 2.79. The number of methoxy groups -OCH3 is 1. The van der Waals surface area contributed by atoms with Crippen molar-refractivity contribution in [1.29, 1.82) is 0 Å². The Labute approximate surface area is 199 Å². The zero-order valence-corrected chi connectivity index (χ0v) is 19.7. The molecule has 34 heavy (non-hydrogen) atoms. The van der Waals surface area contributed by atoms with Crippen molar-refractivity contribution in [3.63, 3.8) is 0 Å². The third-order valence-corrected chi connectivity index (χ3v) is 7.16. The van der Waals surface area contributed by atoms with E-state index in [9.17, 15) is 14.4 Å². The van der Waals surface area contributed by atoms with Gasteiger partial charge in [0.15, 0.2) is 4.96 Å². The smallest absolute Gasteiger partial charge is 0.271 e. The number of nitrogens with one attached hydrogen (secondary N) is 1. The summed E-state index contributed by atoms with van der Waals surface area (Å²) in [7, 11) is 1.58. The van der Waals surface area contributed by atoms with Gasteiger partial charge in [0.1, 0.15) is 11.3 Å². The van der Waals surface area contributed by atoms with Gasteiger partial charge in [0.25, 0.3) is 17.4 Å². The first-order valence-corrected chi connectivity index (χ1v) is 11.6. The van der Waals surface area contributed by atoms with Crippen LogP contribution in [0.25, 0.3) is 4.96 Å². The molecule has 1 aliphatic heterocycles. The monoisotopic (exact) mass is 474 g/mol. The highest BCUT2D eigenvalue weighted by Crippen LogP contribution is 2.32. The summed E-state index contributed by atoms with van der Waals surface area (Å²) in [4.78, 5) is 46.5. The molecule has 9 heteroatoms. The van der Waals surface area contributed by atoms with Crippen molar-refractivity contribution in [2.24, 2.45) is 0 Å². The molecular weight excluding hydrogens is 452 g/mol. The molecule has 0 saturated carbocycles. The number of carbonyl (C=O) groups is 2. The normalized spacial score (nSPS) is 12.6. The summed E-state index contributed by atoms with van der Waals surface area (Å²) in [6.07, 6.45) is 2.04. The molecule has 0 atom stereocenters. The zero-order chi connectivity index (χ0) is 24.0. The Bertz CT molecular complexity index is 1500. The van der Waals surface area contributed by atoms with E-state index >= 15 is 0 Å². The number of anilines is 2. The van der Waals surface area contributed by atoms with Crippen LogP contribution in [0.15, 0.2) is 53.5 Å². The first-order valence-electron chi connectivity index (χ1n) is 10.8. The van der Waals surface area contributed by atoms with E-state index in [1.54, 1.807) is 48.4 Å². The number of thiazole rings is 1. The number of aryl methyl sites for hydroxylation is 2. The van der Waals surface area contributed by atoms with E-state index in [0.29, 0.717) is 28.5 Å². The molecule has 0 saturated heterocycles. The minimum Gasteiger partial charge on any atom is -0.497 e. The van der Waals surface area contributed by atoms with Crippen LogP contribution in [0.1, 0.15) is 36.9 Å². The second-order valence-electron chi connectivity index (χ2n) is 8.07. The van der Waals surface area contributed by atoms with Crippen molar-refractivity contribution in [1.82, 2.24) is 9.38 Å². The van der Waals surface area contributed by atoms with Gasteiger partial charge in [-0.2, -0.15) is 0 Å². The Kier molecular flexibility index (Phi) is 5.41. The Morgan fingerprint density at radius 3 is 2.62 bits per heavy atom. The average molecular weight is 475 g/mol. The second kappa shape index (κ2) is 8.42. The zero-order valence-electron chi connectivity index (χ0n) is 18.9. The van der Waals surface area contributed by atoms with Gasteiger partial charge >= 0.3 is 0 Å². The van der Waals surface area contributed by atoms with Gasteiger partial charge in [0.2, 0.25) is 0 Å². The van der Waals surface area contributed by atoms with Crippen LogP contribution in [0.5, 0.6) is 5.75 Å². The predicted octanol–water partition coefficient (Wildman–Crippen LogP) is 3.84. The number of rotatable bonds is 4. The molecule has 3 heterocycles. The van der Waals surface area contributed by atoms with Gasteiger partial charge in [-0.3, -0.25) is 18.8 Å². The molecule has 4 aromatic rings. The number of fused-ring (bicyclic) bond motifs is 2. The second-order valence-corrected chi connectivity index (χ2v) is 9.25. The van der Waals surface area contributed by atoms with Crippen LogP contribution in [-0.4, -0.2) is 34.9 Å². The van der Waals surface area contributed by atoms with Crippen molar-refractivity contribution < 1.29 is 14.3 Å². The summed E-state index contributed by atoms with van der Waals surface area (Å²) < 4.78 is 6.63. The minimum atomic E-state index is -0.541. The van der Waals surface area contributed by atoms with Gasteiger partial charge in [0, 0.05) is 40.3 Å². The molecular formula is C25H22N4O4S. The molecule has 2 aromatic heterocycles. The van der Waals surface area contributed by atoms with Crippen LogP contribution in [0, 0.1) is 13.8 Å². The summed E-state index contributed by atoms with van der Waals surface area (Å²) in [5.41, 5.74) is 3.16. The van der Waals surface area contributed by atoms with Gasteiger partial charge in [-0.1, -0.05) is 6.07 Å². The number of hydrogen-bond acceptors (Lipinski definition) is 6. The molecule has 1 aliphatic rings. The van der Waals surface area contributed by atoms with Crippen molar-refractivity contribution >= 4 is 39.5 Å². The molecule has 5 rings (SSSR count). The third kappa shape index (κ3) is 3.63. The molecule has 0 fully saturated rings. The number of ether oxygens (including phenoxy) is 1. The lowest BCUT2D eigenvalue weighted by atomic mass is 10.1. The molecule has 0 spiro atoms. The van der Waals surface area contributed by atoms with Crippen molar-refractivity contribution in [3.8, 4) is 5.75 Å². The topological polar surface area (TPSA) is 93.0 Å². The number of hydrogen-bond donors (Lipinski definition) is 1. The maximum atomic E-state index is 13.1. The molecule has 0 bridgehead atoms.